The molecule has 0 saturated carbocycles. The van der Waals surface area contributed by atoms with Gasteiger partial charge in [0.25, 0.3) is 11.8 Å². The van der Waals surface area contributed by atoms with E-state index in [2.05, 4.69) is 38.4 Å². The highest BCUT2D eigenvalue weighted by molar-refractivity contribution is 14.1. The fourth-order valence-corrected chi connectivity index (χ4v) is 4.39. The van der Waals surface area contributed by atoms with Crippen molar-refractivity contribution in [2.24, 2.45) is 11.0 Å². The summed E-state index contributed by atoms with van der Waals surface area (Å²) in [6.45, 7) is 7.89. The van der Waals surface area contributed by atoms with Crippen LogP contribution in [0.25, 0.3) is 0 Å². The third-order valence-corrected chi connectivity index (χ3v) is 6.17. The third-order valence-electron chi connectivity index (χ3n) is 4.84. The molecular formula is C25H30Cl2IN3O5. The van der Waals surface area contributed by atoms with Crippen molar-refractivity contribution in [2.45, 2.75) is 46.3 Å². The standard InChI is InChI=1S/C25H30Cl2IN3O5/c1-6-35-23-19(28)10-16(11-22(23)34-5)13-29-31-25(33)20(9-14(2)3)30-24(32)15(4)36-21-8-7-17(26)12-18(21)27/h7-8,10-15,20H,6,9H2,1-5H3,(H,30,32)(H,31,33)/b29-13-/t15-,20-/m0/s1. The van der Waals surface area contributed by atoms with Gasteiger partial charge in [-0.15, -0.1) is 0 Å². The largest absolute Gasteiger partial charge is 0.493 e. The van der Waals surface area contributed by atoms with Gasteiger partial charge in [-0.05, 0) is 84.7 Å². The first-order valence-electron chi connectivity index (χ1n) is 11.3. The molecule has 2 N–H and O–H groups in total. The number of rotatable bonds is 12. The fourth-order valence-electron chi connectivity index (χ4n) is 3.15. The molecule has 8 nitrogen and oxygen atoms in total. The van der Waals surface area contributed by atoms with E-state index in [1.165, 1.54) is 12.3 Å². The molecule has 0 unspecified atom stereocenters. The molecule has 0 spiro atoms. The van der Waals surface area contributed by atoms with Crippen molar-refractivity contribution in [1.29, 1.82) is 0 Å². The number of hydrogen-bond donors (Lipinski definition) is 2. The topological polar surface area (TPSA) is 98.2 Å². The second kappa shape index (κ2) is 14.5. The van der Waals surface area contributed by atoms with Crippen LogP contribution < -0.4 is 25.0 Å². The Morgan fingerprint density at radius 2 is 1.83 bits per heavy atom. The van der Waals surface area contributed by atoms with Gasteiger partial charge in [0.1, 0.15) is 11.8 Å². The summed E-state index contributed by atoms with van der Waals surface area (Å²) in [5.41, 5.74) is 3.22. The molecule has 2 aromatic carbocycles. The zero-order valence-corrected chi connectivity index (χ0v) is 24.4. The Morgan fingerprint density at radius 3 is 2.44 bits per heavy atom. The quantitative estimate of drug-likeness (QED) is 0.181. The molecule has 0 aromatic heterocycles. The van der Waals surface area contributed by atoms with Gasteiger partial charge in [0.05, 0.1) is 28.5 Å². The van der Waals surface area contributed by atoms with E-state index in [-0.39, 0.29) is 10.9 Å². The number of hydrazone groups is 1. The number of amides is 2. The minimum Gasteiger partial charge on any atom is -0.493 e. The molecule has 0 aliphatic heterocycles. The van der Waals surface area contributed by atoms with Crippen LogP contribution in [0.5, 0.6) is 17.2 Å². The van der Waals surface area contributed by atoms with Crippen LogP contribution in [0.4, 0.5) is 0 Å². The summed E-state index contributed by atoms with van der Waals surface area (Å²) in [5.74, 6) is 0.769. The lowest BCUT2D eigenvalue weighted by atomic mass is 10.0. The molecule has 0 fully saturated rings. The zero-order valence-electron chi connectivity index (χ0n) is 20.7. The average Bonchev–Trinajstić information content (AvgIpc) is 2.81. The Hall–Kier alpha value is -2.24. The molecule has 36 heavy (non-hydrogen) atoms. The van der Waals surface area contributed by atoms with Crippen molar-refractivity contribution in [3.63, 3.8) is 0 Å². The Labute approximate surface area is 235 Å². The number of hydrogen-bond acceptors (Lipinski definition) is 6. The van der Waals surface area contributed by atoms with Gasteiger partial charge in [-0.2, -0.15) is 5.10 Å². The van der Waals surface area contributed by atoms with Crippen molar-refractivity contribution in [3.05, 3.63) is 49.5 Å². The summed E-state index contributed by atoms with van der Waals surface area (Å²) in [5, 5.41) is 7.55. The zero-order chi connectivity index (χ0) is 26.8. The van der Waals surface area contributed by atoms with Gasteiger partial charge in [-0.3, -0.25) is 9.59 Å². The van der Waals surface area contributed by atoms with Gasteiger partial charge in [-0.25, -0.2) is 5.43 Å². The Morgan fingerprint density at radius 1 is 1.11 bits per heavy atom. The van der Waals surface area contributed by atoms with Gasteiger partial charge in [0, 0.05) is 5.02 Å². The van der Waals surface area contributed by atoms with Crippen molar-refractivity contribution < 1.29 is 23.8 Å². The van der Waals surface area contributed by atoms with E-state index in [0.29, 0.717) is 40.9 Å². The second-order valence-corrected chi connectivity index (χ2v) is 10.2. The van der Waals surface area contributed by atoms with E-state index in [1.54, 1.807) is 32.2 Å². The molecule has 2 aromatic rings. The van der Waals surface area contributed by atoms with Crippen molar-refractivity contribution in [2.75, 3.05) is 13.7 Å². The SMILES string of the molecule is CCOc1c(I)cc(/C=N\NC(=O)[C@H](CC(C)C)NC(=O)[C@H](C)Oc2ccc(Cl)cc2Cl)cc1OC. The lowest BCUT2D eigenvalue weighted by Crippen LogP contribution is -2.49. The molecule has 2 rings (SSSR count). The summed E-state index contributed by atoms with van der Waals surface area (Å²) in [7, 11) is 1.56. The average molecular weight is 650 g/mol. The maximum atomic E-state index is 12.8. The van der Waals surface area contributed by atoms with Crippen LogP contribution >= 0.6 is 45.8 Å². The molecule has 0 aliphatic rings. The van der Waals surface area contributed by atoms with E-state index in [0.717, 1.165) is 3.57 Å². The predicted octanol–water partition coefficient (Wildman–Crippen LogP) is 5.45. The molecule has 0 heterocycles. The van der Waals surface area contributed by atoms with Gasteiger partial charge >= 0.3 is 0 Å². The number of ether oxygens (including phenoxy) is 3. The lowest BCUT2D eigenvalue weighted by molar-refractivity contribution is -0.132. The van der Waals surface area contributed by atoms with Crippen LogP contribution in [0.1, 0.15) is 39.7 Å². The number of carbonyl (C=O) groups is 2. The minimum atomic E-state index is -0.895. The molecule has 2 atom stereocenters. The summed E-state index contributed by atoms with van der Waals surface area (Å²) < 4.78 is 17.5. The van der Waals surface area contributed by atoms with E-state index < -0.39 is 24.0 Å². The van der Waals surface area contributed by atoms with Crippen molar-refractivity contribution in [1.82, 2.24) is 10.7 Å². The van der Waals surface area contributed by atoms with E-state index >= 15 is 0 Å². The van der Waals surface area contributed by atoms with Gasteiger partial charge in [0.2, 0.25) is 0 Å². The Bertz CT molecular complexity index is 1100. The molecule has 0 aliphatic carbocycles. The van der Waals surface area contributed by atoms with Crippen LogP contribution in [0.15, 0.2) is 35.4 Å². The van der Waals surface area contributed by atoms with E-state index in [9.17, 15) is 9.59 Å². The molecule has 0 bridgehead atoms. The minimum absolute atomic E-state index is 0.143. The van der Waals surface area contributed by atoms with E-state index in [1.807, 2.05) is 26.8 Å². The first-order chi connectivity index (χ1) is 17.0. The number of benzene rings is 2. The van der Waals surface area contributed by atoms with Crippen molar-refractivity contribution in [3.8, 4) is 17.2 Å². The number of halogens is 3. The van der Waals surface area contributed by atoms with E-state index in [4.69, 9.17) is 37.4 Å². The summed E-state index contributed by atoms with van der Waals surface area (Å²) in [6, 6.07) is 7.53. The molecule has 11 heteroatoms. The molecule has 0 saturated heterocycles. The summed E-state index contributed by atoms with van der Waals surface area (Å²) in [6.07, 6.45) is 1.02. The summed E-state index contributed by atoms with van der Waals surface area (Å²) >= 11 is 14.2. The van der Waals surface area contributed by atoms with Gasteiger partial charge < -0.3 is 19.5 Å². The predicted molar refractivity (Wildman–Crippen MR) is 151 cm³/mol. The van der Waals surface area contributed by atoms with Crippen LogP contribution in [-0.2, 0) is 9.59 Å². The lowest BCUT2D eigenvalue weighted by Gasteiger charge is -2.22. The third kappa shape index (κ3) is 9.01. The second-order valence-electron chi connectivity index (χ2n) is 8.23. The first-order valence-corrected chi connectivity index (χ1v) is 13.1. The number of nitrogens with one attached hydrogen (secondary N) is 2. The number of methoxy groups -OCH3 is 1. The maximum Gasteiger partial charge on any atom is 0.262 e. The maximum absolute atomic E-state index is 12.8. The Balaban J connectivity index is 2.06. The fraction of sp³-hybridized carbons (Fsp3) is 0.400. The number of nitrogens with zero attached hydrogens (tertiary/aromatic N) is 1. The van der Waals surface area contributed by atoms with Gasteiger partial charge in [-0.1, -0.05) is 37.0 Å². The highest BCUT2D eigenvalue weighted by atomic mass is 127. The first kappa shape index (κ1) is 30.0. The molecule has 2 amide bonds. The van der Waals surface area contributed by atoms with Crippen molar-refractivity contribution >= 4 is 63.8 Å². The van der Waals surface area contributed by atoms with Crippen LogP contribution in [-0.4, -0.2) is 43.9 Å². The van der Waals surface area contributed by atoms with Crippen LogP contribution in [0.2, 0.25) is 10.0 Å². The van der Waals surface area contributed by atoms with Crippen LogP contribution in [0.3, 0.4) is 0 Å². The smallest absolute Gasteiger partial charge is 0.262 e. The molecular weight excluding hydrogens is 620 g/mol. The Kier molecular flexibility index (Phi) is 12.1. The highest BCUT2D eigenvalue weighted by Gasteiger charge is 2.25. The highest BCUT2D eigenvalue weighted by Crippen LogP contribution is 2.33. The summed E-state index contributed by atoms with van der Waals surface area (Å²) in [4.78, 5) is 25.6. The molecule has 196 valence electrons. The monoisotopic (exact) mass is 649 g/mol. The number of carbonyl (C=O) groups excluding carboxylic acids is 2. The molecule has 0 radical (unpaired) electrons. The van der Waals surface area contributed by atoms with Gasteiger partial charge in [0.15, 0.2) is 17.6 Å². The normalized spacial score (nSPS) is 12.8. The van der Waals surface area contributed by atoms with Crippen LogP contribution in [0, 0.1) is 9.49 Å².